The molecular weight excluding hydrogens is 196 g/mol. The van der Waals surface area contributed by atoms with Crippen molar-refractivity contribution in [3.05, 3.63) is 0 Å². The van der Waals surface area contributed by atoms with Gasteiger partial charge in [-0.1, -0.05) is 6.92 Å². The van der Waals surface area contributed by atoms with Gasteiger partial charge in [0.1, 0.15) is 6.79 Å². The van der Waals surface area contributed by atoms with Crippen LogP contribution in [0.1, 0.15) is 33.6 Å². The van der Waals surface area contributed by atoms with Gasteiger partial charge in [-0.25, -0.2) is 0 Å². The summed E-state index contributed by atoms with van der Waals surface area (Å²) in [6.07, 6.45) is 1.49. The molecule has 0 atom stereocenters. The summed E-state index contributed by atoms with van der Waals surface area (Å²) in [6.45, 7) is 6.99. The molecule has 4 heteroatoms. The highest BCUT2D eigenvalue weighted by Gasteiger charge is 2.26. The number of ether oxygens (including phenoxy) is 3. The number of hydrogen-bond acceptors (Lipinski definition) is 4. The van der Waals surface area contributed by atoms with Gasteiger partial charge in [-0.3, -0.25) is 4.79 Å². The lowest BCUT2D eigenvalue weighted by atomic mass is 9.91. The molecule has 0 aromatic rings. The van der Waals surface area contributed by atoms with Gasteiger partial charge < -0.3 is 14.2 Å². The third-order valence-corrected chi connectivity index (χ3v) is 2.30. The average Bonchev–Trinajstić information content (AvgIpc) is 2.22. The molecule has 0 rings (SSSR count). The van der Waals surface area contributed by atoms with Crippen LogP contribution in [0.3, 0.4) is 0 Å². The van der Waals surface area contributed by atoms with Gasteiger partial charge in [0.05, 0.1) is 18.6 Å². The highest BCUT2D eigenvalue weighted by molar-refractivity contribution is 5.75. The average molecular weight is 218 g/mol. The van der Waals surface area contributed by atoms with E-state index in [0.29, 0.717) is 19.6 Å². The Morgan fingerprint density at radius 3 is 2.47 bits per heavy atom. The maximum absolute atomic E-state index is 11.5. The number of rotatable bonds is 8. The summed E-state index contributed by atoms with van der Waals surface area (Å²) in [5.41, 5.74) is -0.382. The maximum atomic E-state index is 11.5. The van der Waals surface area contributed by atoms with Crippen LogP contribution in [0.25, 0.3) is 0 Å². The van der Waals surface area contributed by atoms with Crippen molar-refractivity contribution in [2.45, 2.75) is 33.6 Å². The van der Waals surface area contributed by atoms with Crippen molar-refractivity contribution in [3.63, 3.8) is 0 Å². The molecule has 0 unspecified atom stereocenters. The van der Waals surface area contributed by atoms with Crippen LogP contribution in [0.5, 0.6) is 0 Å². The van der Waals surface area contributed by atoms with Gasteiger partial charge in [0.2, 0.25) is 0 Å². The van der Waals surface area contributed by atoms with Gasteiger partial charge >= 0.3 is 5.97 Å². The summed E-state index contributed by atoms with van der Waals surface area (Å²) in [5.74, 6) is -0.142. The van der Waals surface area contributed by atoms with Crippen LogP contribution in [-0.2, 0) is 19.0 Å². The van der Waals surface area contributed by atoms with Crippen LogP contribution < -0.4 is 0 Å². The van der Waals surface area contributed by atoms with Crippen LogP contribution in [-0.4, -0.2) is 33.1 Å². The van der Waals surface area contributed by atoms with Crippen LogP contribution in [0.15, 0.2) is 0 Å². The second-order valence-corrected chi connectivity index (χ2v) is 4.04. The van der Waals surface area contributed by atoms with E-state index < -0.39 is 0 Å². The number of esters is 1. The first-order chi connectivity index (χ1) is 7.04. The van der Waals surface area contributed by atoms with E-state index in [-0.39, 0.29) is 18.2 Å². The molecule has 0 N–H and O–H groups in total. The number of carbonyl (C=O) groups is 1. The molecule has 15 heavy (non-hydrogen) atoms. The third-order valence-electron chi connectivity index (χ3n) is 2.30. The van der Waals surface area contributed by atoms with E-state index in [1.165, 1.54) is 0 Å². The Morgan fingerprint density at radius 2 is 1.93 bits per heavy atom. The van der Waals surface area contributed by atoms with Gasteiger partial charge in [-0.2, -0.15) is 0 Å². The Labute approximate surface area is 91.9 Å². The first-order valence-corrected chi connectivity index (χ1v) is 5.28. The van der Waals surface area contributed by atoms with E-state index in [1.807, 2.05) is 20.8 Å². The lowest BCUT2D eigenvalue weighted by molar-refractivity contribution is -0.154. The number of methoxy groups -OCH3 is 1. The first-order valence-electron chi connectivity index (χ1n) is 5.28. The summed E-state index contributed by atoms with van der Waals surface area (Å²) in [6, 6.07) is 0. The molecule has 0 radical (unpaired) electrons. The Kier molecular flexibility index (Phi) is 7.34. The van der Waals surface area contributed by atoms with Crippen LogP contribution in [0.4, 0.5) is 0 Å². The summed E-state index contributed by atoms with van der Waals surface area (Å²) in [5, 5.41) is 0. The van der Waals surface area contributed by atoms with Crippen molar-refractivity contribution in [3.8, 4) is 0 Å². The second-order valence-electron chi connectivity index (χ2n) is 4.04. The van der Waals surface area contributed by atoms with Crippen LogP contribution in [0.2, 0.25) is 0 Å². The monoisotopic (exact) mass is 218 g/mol. The maximum Gasteiger partial charge on any atom is 0.311 e. The summed E-state index contributed by atoms with van der Waals surface area (Å²) in [4.78, 5) is 11.5. The zero-order valence-corrected chi connectivity index (χ0v) is 10.2. The van der Waals surface area contributed by atoms with Crippen molar-refractivity contribution in [1.82, 2.24) is 0 Å². The van der Waals surface area contributed by atoms with Crippen LogP contribution in [0, 0.1) is 5.41 Å². The van der Waals surface area contributed by atoms with Gasteiger partial charge in [0.15, 0.2) is 0 Å². The molecule has 0 aliphatic rings. The van der Waals surface area contributed by atoms with E-state index >= 15 is 0 Å². The molecular formula is C11H22O4. The van der Waals surface area contributed by atoms with Gasteiger partial charge in [-0.15, -0.1) is 0 Å². The minimum atomic E-state index is -0.382. The standard InChI is InChI=1S/C11H22O4/c1-5-11(2,3)10(12)15-8-6-7-14-9-13-4/h5-9H2,1-4H3. The molecule has 0 aromatic heterocycles. The molecule has 0 heterocycles. The molecule has 0 fully saturated rings. The molecule has 0 spiro atoms. The van der Waals surface area contributed by atoms with Crippen LogP contribution >= 0.6 is 0 Å². The molecule has 0 aromatic carbocycles. The second kappa shape index (κ2) is 7.65. The van der Waals surface area contributed by atoms with E-state index in [2.05, 4.69) is 0 Å². The van der Waals surface area contributed by atoms with E-state index in [1.54, 1.807) is 7.11 Å². The van der Waals surface area contributed by atoms with E-state index in [0.717, 1.165) is 6.42 Å². The minimum absolute atomic E-state index is 0.142. The number of hydrogen-bond donors (Lipinski definition) is 0. The molecule has 0 aliphatic carbocycles. The van der Waals surface area contributed by atoms with Gasteiger partial charge in [0, 0.05) is 13.5 Å². The SMILES string of the molecule is CCC(C)(C)C(=O)OCCCOCOC. The zero-order chi connectivity index (χ0) is 11.7. The Bertz CT molecular complexity index is 177. The van der Waals surface area contributed by atoms with Crippen molar-refractivity contribution in [2.75, 3.05) is 27.1 Å². The molecule has 0 bridgehead atoms. The van der Waals surface area contributed by atoms with Crippen molar-refractivity contribution in [1.29, 1.82) is 0 Å². The van der Waals surface area contributed by atoms with Crippen molar-refractivity contribution < 1.29 is 19.0 Å². The van der Waals surface area contributed by atoms with Gasteiger partial charge in [0.25, 0.3) is 0 Å². The topological polar surface area (TPSA) is 44.8 Å². The Balaban J connectivity index is 3.47. The fourth-order valence-corrected chi connectivity index (χ4v) is 0.808. The van der Waals surface area contributed by atoms with Crippen molar-refractivity contribution >= 4 is 5.97 Å². The predicted molar refractivity (Wildman–Crippen MR) is 57.5 cm³/mol. The molecule has 0 saturated carbocycles. The lowest BCUT2D eigenvalue weighted by Gasteiger charge is -2.20. The fourth-order valence-electron chi connectivity index (χ4n) is 0.808. The summed E-state index contributed by atoms with van der Waals surface area (Å²) in [7, 11) is 1.57. The highest BCUT2D eigenvalue weighted by Crippen LogP contribution is 2.21. The largest absolute Gasteiger partial charge is 0.465 e. The zero-order valence-electron chi connectivity index (χ0n) is 10.2. The Hall–Kier alpha value is -0.610. The van der Waals surface area contributed by atoms with E-state index in [9.17, 15) is 4.79 Å². The number of carbonyl (C=O) groups excluding carboxylic acids is 1. The molecule has 90 valence electrons. The fraction of sp³-hybridized carbons (Fsp3) is 0.909. The summed E-state index contributed by atoms with van der Waals surface area (Å²) >= 11 is 0. The highest BCUT2D eigenvalue weighted by atomic mass is 16.7. The lowest BCUT2D eigenvalue weighted by Crippen LogP contribution is -2.26. The third kappa shape index (κ3) is 6.47. The summed E-state index contributed by atoms with van der Waals surface area (Å²) < 4.78 is 14.9. The normalized spacial score (nSPS) is 11.5. The Morgan fingerprint density at radius 1 is 1.27 bits per heavy atom. The quantitative estimate of drug-likeness (QED) is 0.355. The molecule has 0 amide bonds. The minimum Gasteiger partial charge on any atom is -0.465 e. The molecule has 0 aliphatic heterocycles. The first kappa shape index (κ1) is 14.4. The molecule has 0 saturated heterocycles. The van der Waals surface area contributed by atoms with Crippen molar-refractivity contribution in [2.24, 2.45) is 5.41 Å². The molecule has 4 nitrogen and oxygen atoms in total. The predicted octanol–water partition coefficient (Wildman–Crippen LogP) is 1.98. The van der Waals surface area contributed by atoms with E-state index in [4.69, 9.17) is 14.2 Å². The van der Waals surface area contributed by atoms with Gasteiger partial charge in [-0.05, 0) is 20.3 Å². The smallest absolute Gasteiger partial charge is 0.311 e.